The predicted octanol–water partition coefficient (Wildman–Crippen LogP) is 3.67. The standard InChI is InChI=1S/C16H17BrN2OS/c17-13-6-7-15(19-10-13)21-16(12-4-2-1-3-5-12)14-11-18-8-9-20-14/h1-7,10,14,16,18H,8-9,11H2/t14?,16-/m0/s1. The second kappa shape index (κ2) is 7.40. The third-order valence-electron chi connectivity index (χ3n) is 3.37. The lowest BCUT2D eigenvalue weighted by atomic mass is 10.1. The first-order valence-electron chi connectivity index (χ1n) is 6.98. The SMILES string of the molecule is Brc1ccc(S[C@@H](c2ccccc2)C2CNCCO2)nc1. The molecule has 1 fully saturated rings. The van der Waals surface area contributed by atoms with Gasteiger partial charge in [0.1, 0.15) is 0 Å². The number of pyridine rings is 1. The molecule has 1 aromatic carbocycles. The number of thioether (sulfide) groups is 1. The predicted molar refractivity (Wildman–Crippen MR) is 89.6 cm³/mol. The minimum absolute atomic E-state index is 0.164. The fourth-order valence-corrected chi connectivity index (χ4v) is 3.72. The minimum atomic E-state index is 0.164. The van der Waals surface area contributed by atoms with Crippen molar-refractivity contribution in [2.24, 2.45) is 0 Å². The molecule has 1 aliphatic rings. The van der Waals surface area contributed by atoms with Crippen LogP contribution in [0.25, 0.3) is 0 Å². The normalized spacial score (nSPS) is 20.1. The van der Waals surface area contributed by atoms with Gasteiger partial charge in [-0.25, -0.2) is 4.98 Å². The van der Waals surface area contributed by atoms with Gasteiger partial charge in [-0.1, -0.05) is 42.1 Å². The molecule has 1 aliphatic heterocycles. The number of nitrogens with zero attached hydrogens (tertiary/aromatic N) is 1. The molecule has 0 saturated carbocycles. The van der Waals surface area contributed by atoms with Gasteiger partial charge in [0, 0.05) is 23.8 Å². The summed E-state index contributed by atoms with van der Waals surface area (Å²) in [6.07, 6.45) is 2.00. The average molecular weight is 365 g/mol. The van der Waals surface area contributed by atoms with Crippen molar-refractivity contribution in [3.8, 4) is 0 Å². The van der Waals surface area contributed by atoms with E-state index in [1.54, 1.807) is 11.8 Å². The quantitative estimate of drug-likeness (QED) is 0.839. The average Bonchev–Trinajstić information content (AvgIpc) is 2.56. The van der Waals surface area contributed by atoms with Gasteiger partial charge in [0.05, 0.1) is 23.0 Å². The van der Waals surface area contributed by atoms with Gasteiger partial charge >= 0.3 is 0 Å². The van der Waals surface area contributed by atoms with Crippen molar-refractivity contribution in [1.82, 2.24) is 10.3 Å². The molecule has 1 N–H and O–H groups in total. The summed E-state index contributed by atoms with van der Waals surface area (Å²) in [5.74, 6) is 0. The Morgan fingerprint density at radius 3 is 2.76 bits per heavy atom. The van der Waals surface area contributed by atoms with E-state index >= 15 is 0 Å². The summed E-state index contributed by atoms with van der Waals surface area (Å²) in [4.78, 5) is 4.48. The number of rotatable bonds is 4. The van der Waals surface area contributed by atoms with Gasteiger partial charge in [0.2, 0.25) is 0 Å². The zero-order valence-electron chi connectivity index (χ0n) is 11.5. The second-order valence-electron chi connectivity index (χ2n) is 4.88. The first-order valence-corrected chi connectivity index (χ1v) is 8.66. The second-order valence-corrected chi connectivity index (χ2v) is 6.95. The first-order chi connectivity index (χ1) is 10.3. The van der Waals surface area contributed by atoms with E-state index in [0.29, 0.717) is 0 Å². The molecule has 21 heavy (non-hydrogen) atoms. The highest BCUT2D eigenvalue weighted by atomic mass is 79.9. The Balaban J connectivity index is 1.83. The third-order valence-corrected chi connectivity index (χ3v) is 5.15. The molecule has 3 rings (SSSR count). The summed E-state index contributed by atoms with van der Waals surface area (Å²) in [6.45, 7) is 2.57. The van der Waals surface area contributed by atoms with Crippen molar-refractivity contribution in [2.45, 2.75) is 16.4 Å². The van der Waals surface area contributed by atoms with Gasteiger partial charge in [-0.2, -0.15) is 0 Å². The molecular formula is C16H17BrN2OS. The van der Waals surface area contributed by atoms with E-state index in [2.05, 4.69) is 50.5 Å². The molecule has 110 valence electrons. The Morgan fingerprint density at radius 2 is 2.10 bits per heavy atom. The zero-order valence-corrected chi connectivity index (χ0v) is 13.9. The van der Waals surface area contributed by atoms with Crippen LogP contribution in [0.3, 0.4) is 0 Å². The first kappa shape index (κ1) is 15.0. The van der Waals surface area contributed by atoms with Gasteiger partial charge in [0.15, 0.2) is 0 Å². The van der Waals surface area contributed by atoms with Gasteiger partial charge < -0.3 is 10.1 Å². The summed E-state index contributed by atoms with van der Waals surface area (Å²) in [5, 5.41) is 4.67. The molecule has 5 heteroatoms. The number of aromatic nitrogens is 1. The molecular weight excluding hydrogens is 348 g/mol. The number of halogens is 1. The van der Waals surface area contributed by atoms with Gasteiger partial charge in [-0.3, -0.25) is 0 Å². The van der Waals surface area contributed by atoms with Crippen molar-refractivity contribution < 1.29 is 4.74 Å². The number of hydrogen-bond donors (Lipinski definition) is 1. The van der Waals surface area contributed by atoms with Gasteiger partial charge in [-0.05, 0) is 33.6 Å². The molecule has 1 saturated heterocycles. The highest BCUT2D eigenvalue weighted by molar-refractivity contribution is 9.10. The van der Waals surface area contributed by atoms with E-state index in [1.807, 2.05) is 24.4 Å². The van der Waals surface area contributed by atoms with Crippen LogP contribution in [0, 0.1) is 0 Å². The highest BCUT2D eigenvalue weighted by Gasteiger charge is 2.27. The van der Waals surface area contributed by atoms with E-state index in [0.717, 1.165) is 29.2 Å². The number of nitrogens with one attached hydrogen (secondary N) is 1. The minimum Gasteiger partial charge on any atom is -0.374 e. The topological polar surface area (TPSA) is 34.1 Å². The molecule has 1 aromatic heterocycles. The van der Waals surface area contributed by atoms with E-state index < -0.39 is 0 Å². The maximum atomic E-state index is 5.97. The van der Waals surface area contributed by atoms with Crippen LogP contribution in [-0.2, 0) is 4.74 Å². The Hall–Kier alpha value is -0.880. The Kier molecular flexibility index (Phi) is 5.30. The number of benzene rings is 1. The smallest absolute Gasteiger partial charge is 0.0967 e. The molecule has 0 bridgehead atoms. The Labute approximate surface area is 137 Å². The molecule has 2 heterocycles. The number of hydrogen-bond acceptors (Lipinski definition) is 4. The van der Waals surface area contributed by atoms with Crippen molar-refractivity contribution in [3.63, 3.8) is 0 Å². The molecule has 0 amide bonds. The summed E-state index contributed by atoms with van der Waals surface area (Å²) in [7, 11) is 0. The summed E-state index contributed by atoms with van der Waals surface area (Å²) in [5.41, 5.74) is 1.28. The zero-order chi connectivity index (χ0) is 14.5. The van der Waals surface area contributed by atoms with Crippen molar-refractivity contribution >= 4 is 27.7 Å². The maximum Gasteiger partial charge on any atom is 0.0967 e. The Morgan fingerprint density at radius 1 is 1.24 bits per heavy atom. The lowest BCUT2D eigenvalue weighted by Gasteiger charge is -2.30. The van der Waals surface area contributed by atoms with E-state index in [9.17, 15) is 0 Å². The van der Waals surface area contributed by atoms with E-state index in [4.69, 9.17) is 4.74 Å². The molecule has 2 atom stereocenters. The molecule has 0 aliphatic carbocycles. The van der Waals surface area contributed by atoms with Crippen molar-refractivity contribution in [1.29, 1.82) is 0 Å². The number of morpholine rings is 1. The molecule has 0 radical (unpaired) electrons. The lowest BCUT2D eigenvalue weighted by Crippen LogP contribution is -2.41. The van der Waals surface area contributed by atoms with Crippen molar-refractivity contribution in [2.75, 3.05) is 19.7 Å². The van der Waals surface area contributed by atoms with Crippen LogP contribution in [0.1, 0.15) is 10.8 Å². The fourth-order valence-electron chi connectivity index (χ4n) is 2.34. The summed E-state index contributed by atoms with van der Waals surface area (Å²) in [6, 6.07) is 14.6. The van der Waals surface area contributed by atoms with Crippen LogP contribution in [-0.4, -0.2) is 30.8 Å². The van der Waals surface area contributed by atoms with E-state index in [1.165, 1.54) is 5.56 Å². The molecule has 0 spiro atoms. The van der Waals surface area contributed by atoms with Crippen LogP contribution in [0.4, 0.5) is 0 Å². The van der Waals surface area contributed by atoms with Crippen LogP contribution in [0.2, 0.25) is 0 Å². The summed E-state index contributed by atoms with van der Waals surface area (Å²) < 4.78 is 6.97. The third kappa shape index (κ3) is 4.07. The van der Waals surface area contributed by atoms with Gasteiger partial charge in [-0.15, -0.1) is 0 Å². The lowest BCUT2D eigenvalue weighted by molar-refractivity contribution is 0.0273. The van der Waals surface area contributed by atoms with Crippen molar-refractivity contribution in [3.05, 3.63) is 58.7 Å². The monoisotopic (exact) mass is 364 g/mol. The Bertz CT molecular complexity index is 558. The fraction of sp³-hybridized carbons (Fsp3) is 0.312. The van der Waals surface area contributed by atoms with Gasteiger partial charge in [0.25, 0.3) is 0 Å². The number of ether oxygens (including phenoxy) is 1. The maximum absolute atomic E-state index is 5.97. The van der Waals surface area contributed by atoms with Crippen LogP contribution >= 0.6 is 27.7 Å². The van der Waals surface area contributed by atoms with Crippen LogP contribution < -0.4 is 5.32 Å². The molecule has 3 nitrogen and oxygen atoms in total. The van der Waals surface area contributed by atoms with E-state index in [-0.39, 0.29) is 11.4 Å². The summed E-state index contributed by atoms with van der Waals surface area (Å²) >= 11 is 5.19. The van der Waals surface area contributed by atoms with Crippen LogP contribution in [0.5, 0.6) is 0 Å². The highest BCUT2D eigenvalue weighted by Crippen LogP contribution is 2.38. The largest absolute Gasteiger partial charge is 0.374 e. The molecule has 1 unspecified atom stereocenters. The molecule has 2 aromatic rings. The van der Waals surface area contributed by atoms with Crippen LogP contribution in [0.15, 0.2) is 58.2 Å².